The number of carbonyl (C=O) groups excluding carboxylic acids is 1. The second-order valence-electron chi connectivity index (χ2n) is 6.44. The number of carbonyl (C=O) groups is 1. The molecule has 0 bridgehead atoms. The fraction of sp³-hybridized carbons (Fsp3) is 0.421. The van der Waals surface area contributed by atoms with Gasteiger partial charge in [0.2, 0.25) is 10.0 Å². The first-order valence-electron chi connectivity index (χ1n) is 8.66. The summed E-state index contributed by atoms with van der Waals surface area (Å²) in [4.78, 5) is 14.6. The Morgan fingerprint density at radius 1 is 1.22 bits per heavy atom. The third-order valence-electron chi connectivity index (χ3n) is 4.26. The smallest absolute Gasteiger partial charge is 0.254 e. The lowest BCUT2D eigenvalue weighted by molar-refractivity contribution is 0.0666. The van der Waals surface area contributed by atoms with Crippen LogP contribution in [0, 0.1) is 0 Å². The van der Waals surface area contributed by atoms with Gasteiger partial charge in [-0.2, -0.15) is 4.31 Å². The molecular formula is C19H26N2O5S. The summed E-state index contributed by atoms with van der Waals surface area (Å²) in [5.74, 6) is 0.357. The summed E-state index contributed by atoms with van der Waals surface area (Å²) in [5, 5.41) is 0. The van der Waals surface area contributed by atoms with Gasteiger partial charge in [-0.15, -0.1) is 0 Å². The number of amides is 1. The number of methoxy groups -OCH3 is 1. The topological polar surface area (TPSA) is 80.1 Å². The molecule has 0 spiro atoms. The lowest BCUT2D eigenvalue weighted by atomic mass is 10.2. The first-order chi connectivity index (χ1) is 12.8. The number of hydrogen-bond donors (Lipinski definition) is 0. The van der Waals surface area contributed by atoms with Crippen molar-refractivity contribution in [3.05, 3.63) is 54.0 Å². The Labute approximate surface area is 160 Å². The van der Waals surface area contributed by atoms with Crippen molar-refractivity contribution in [1.82, 2.24) is 9.21 Å². The molecule has 0 aliphatic carbocycles. The molecule has 1 aromatic carbocycles. The summed E-state index contributed by atoms with van der Waals surface area (Å²) < 4.78 is 37.1. The number of benzene rings is 1. The molecule has 27 heavy (non-hydrogen) atoms. The lowest BCUT2D eigenvalue weighted by Crippen LogP contribution is -2.34. The molecule has 0 saturated carbocycles. The number of nitrogens with zero attached hydrogens (tertiary/aromatic N) is 2. The molecule has 7 nitrogen and oxygen atoms in total. The van der Waals surface area contributed by atoms with Gasteiger partial charge < -0.3 is 14.1 Å². The van der Waals surface area contributed by atoms with E-state index >= 15 is 0 Å². The zero-order chi connectivity index (χ0) is 20.0. The van der Waals surface area contributed by atoms with Crippen LogP contribution in [0.4, 0.5) is 0 Å². The highest BCUT2D eigenvalue weighted by atomic mass is 32.2. The second kappa shape index (κ2) is 9.16. The molecule has 0 radical (unpaired) electrons. The molecule has 1 aromatic heterocycles. The molecule has 0 unspecified atom stereocenters. The van der Waals surface area contributed by atoms with Gasteiger partial charge in [-0.3, -0.25) is 4.79 Å². The van der Waals surface area contributed by atoms with Crippen LogP contribution in [0.5, 0.6) is 0 Å². The maximum atomic E-state index is 13.0. The first-order valence-corrected chi connectivity index (χ1v) is 10.1. The molecule has 8 heteroatoms. The van der Waals surface area contributed by atoms with Crippen molar-refractivity contribution in [2.24, 2.45) is 0 Å². The first kappa shape index (κ1) is 21.1. The predicted molar refractivity (Wildman–Crippen MR) is 102 cm³/mol. The summed E-state index contributed by atoms with van der Waals surface area (Å²) in [6.45, 7) is 4.59. The Morgan fingerprint density at radius 3 is 2.56 bits per heavy atom. The SMILES string of the molecule is COCCN(Cc1ccco1)C(=O)c1cccc(S(=O)(=O)N(C)C(C)C)c1. The van der Waals surface area contributed by atoms with Crippen LogP contribution in [-0.4, -0.2) is 56.9 Å². The molecule has 1 heterocycles. The van der Waals surface area contributed by atoms with Crippen molar-refractivity contribution in [3.63, 3.8) is 0 Å². The average molecular weight is 394 g/mol. The third-order valence-corrected chi connectivity index (χ3v) is 6.29. The zero-order valence-electron chi connectivity index (χ0n) is 16.1. The molecule has 0 fully saturated rings. The van der Waals surface area contributed by atoms with Crippen molar-refractivity contribution in [3.8, 4) is 0 Å². The van der Waals surface area contributed by atoms with Crippen molar-refractivity contribution in [2.75, 3.05) is 27.3 Å². The fourth-order valence-corrected chi connectivity index (χ4v) is 3.87. The molecule has 0 atom stereocenters. The van der Waals surface area contributed by atoms with E-state index in [1.165, 1.54) is 23.5 Å². The Kier molecular flexibility index (Phi) is 7.18. The van der Waals surface area contributed by atoms with Gasteiger partial charge in [0, 0.05) is 32.3 Å². The second-order valence-corrected chi connectivity index (χ2v) is 8.44. The normalized spacial score (nSPS) is 11.9. The lowest BCUT2D eigenvalue weighted by Gasteiger charge is -2.23. The molecule has 0 aliphatic rings. The number of furan rings is 1. The molecule has 148 valence electrons. The van der Waals surface area contributed by atoms with Crippen molar-refractivity contribution < 1.29 is 22.4 Å². The van der Waals surface area contributed by atoms with Crippen LogP contribution in [0.25, 0.3) is 0 Å². The number of rotatable bonds is 9. The molecular weight excluding hydrogens is 368 g/mol. The minimum Gasteiger partial charge on any atom is -0.467 e. The number of hydrogen-bond acceptors (Lipinski definition) is 5. The van der Waals surface area contributed by atoms with E-state index < -0.39 is 10.0 Å². The minimum atomic E-state index is -3.67. The van der Waals surface area contributed by atoms with E-state index in [0.717, 1.165) is 0 Å². The standard InChI is InChI=1S/C19H26N2O5S/c1-15(2)20(3)27(23,24)18-9-5-7-16(13-18)19(22)21(10-12-25-4)14-17-8-6-11-26-17/h5-9,11,13,15H,10,12,14H2,1-4H3. The fourth-order valence-electron chi connectivity index (χ4n) is 2.46. The van der Waals surface area contributed by atoms with Crippen LogP contribution in [0.3, 0.4) is 0 Å². The maximum absolute atomic E-state index is 13.0. The highest BCUT2D eigenvalue weighted by molar-refractivity contribution is 7.89. The van der Waals surface area contributed by atoms with Gasteiger partial charge in [0.15, 0.2) is 0 Å². The van der Waals surface area contributed by atoms with E-state index in [1.54, 1.807) is 56.4 Å². The molecule has 2 aromatic rings. The van der Waals surface area contributed by atoms with Crippen LogP contribution >= 0.6 is 0 Å². The Morgan fingerprint density at radius 2 is 1.96 bits per heavy atom. The quantitative estimate of drug-likeness (QED) is 0.653. The summed E-state index contributed by atoms with van der Waals surface area (Å²) in [6.07, 6.45) is 1.54. The van der Waals surface area contributed by atoms with Crippen molar-refractivity contribution in [2.45, 2.75) is 31.3 Å². The van der Waals surface area contributed by atoms with E-state index in [0.29, 0.717) is 24.5 Å². The minimum absolute atomic E-state index is 0.0919. The summed E-state index contributed by atoms with van der Waals surface area (Å²) >= 11 is 0. The summed E-state index contributed by atoms with van der Waals surface area (Å²) in [6, 6.07) is 9.45. The number of ether oxygens (including phenoxy) is 1. The van der Waals surface area contributed by atoms with E-state index in [1.807, 2.05) is 0 Å². The highest BCUT2D eigenvalue weighted by Gasteiger charge is 2.25. The molecule has 1 amide bonds. The van der Waals surface area contributed by atoms with Crippen LogP contribution in [-0.2, 0) is 21.3 Å². The zero-order valence-corrected chi connectivity index (χ0v) is 16.9. The molecule has 0 saturated heterocycles. The van der Waals surface area contributed by atoms with Gasteiger partial charge in [0.05, 0.1) is 24.3 Å². The van der Waals surface area contributed by atoms with E-state index in [-0.39, 0.29) is 23.4 Å². The van der Waals surface area contributed by atoms with E-state index in [4.69, 9.17) is 9.15 Å². The number of sulfonamides is 1. The van der Waals surface area contributed by atoms with Gasteiger partial charge in [0.25, 0.3) is 5.91 Å². The van der Waals surface area contributed by atoms with Gasteiger partial charge in [-0.05, 0) is 44.2 Å². The van der Waals surface area contributed by atoms with Crippen LogP contribution in [0.1, 0.15) is 30.0 Å². The van der Waals surface area contributed by atoms with E-state index in [9.17, 15) is 13.2 Å². The van der Waals surface area contributed by atoms with Crippen molar-refractivity contribution >= 4 is 15.9 Å². The van der Waals surface area contributed by atoms with Crippen LogP contribution in [0.2, 0.25) is 0 Å². The van der Waals surface area contributed by atoms with Crippen LogP contribution < -0.4 is 0 Å². The summed E-state index contributed by atoms with van der Waals surface area (Å²) in [7, 11) is -0.583. The molecule has 0 N–H and O–H groups in total. The highest BCUT2D eigenvalue weighted by Crippen LogP contribution is 2.19. The van der Waals surface area contributed by atoms with Crippen molar-refractivity contribution in [1.29, 1.82) is 0 Å². The largest absolute Gasteiger partial charge is 0.467 e. The average Bonchev–Trinajstić information content (AvgIpc) is 3.17. The Bertz CT molecular complexity index is 847. The Balaban J connectivity index is 2.30. The molecule has 0 aliphatic heterocycles. The van der Waals surface area contributed by atoms with Gasteiger partial charge in [-0.25, -0.2) is 8.42 Å². The van der Waals surface area contributed by atoms with Gasteiger partial charge in [0.1, 0.15) is 5.76 Å². The predicted octanol–water partition coefficient (Wildman–Crippen LogP) is 2.60. The summed E-state index contributed by atoms with van der Waals surface area (Å²) in [5.41, 5.74) is 0.302. The maximum Gasteiger partial charge on any atom is 0.254 e. The molecule has 2 rings (SSSR count). The van der Waals surface area contributed by atoms with Crippen LogP contribution in [0.15, 0.2) is 52.0 Å². The third kappa shape index (κ3) is 5.18. The monoisotopic (exact) mass is 394 g/mol. The van der Waals surface area contributed by atoms with Gasteiger partial charge >= 0.3 is 0 Å². The van der Waals surface area contributed by atoms with E-state index in [2.05, 4.69) is 0 Å². The van der Waals surface area contributed by atoms with Gasteiger partial charge in [-0.1, -0.05) is 6.07 Å². The Hall–Kier alpha value is -2.16.